The molecule has 1 aliphatic rings. The minimum absolute atomic E-state index is 0.183. The van der Waals surface area contributed by atoms with E-state index in [2.05, 4.69) is 30.2 Å². The van der Waals surface area contributed by atoms with E-state index < -0.39 is 0 Å². The third-order valence-electron chi connectivity index (χ3n) is 3.62. The zero-order valence-corrected chi connectivity index (χ0v) is 11.1. The van der Waals surface area contributed by atoms with E-state index in [-0.39, 0.29) is 6.04 Å². The third kappa shape index (κ3) is 2.63. The average Bonchev–Trinajstić information content (AvgIpc) is 2.87. The van der Waals surface area contributed by atoms with Crippen LogP contribution in [0.15, 0.2) is 18.3 Å². The Morgan fingerprint density at radius 1 is 1.67 bits per heavy atom. The maximum Gasteiger partial charge on any atom is 0.210 e. The van der Waals surface area contributed by atoms with Crippen molar-refractivity contribution in [2.75, 3.05) is 11.9 Å². The summed E-state index contributed by atoms with van der Waals surface area (Å²) in [5.74, 6) is 0.922. The SMILES string of the molecule is CCC(C)Nc1ncccc1C1CCCN1C=O. The van der Waals surface area contributed by atoms with Crippen molar-refractivity contribution in [3.63, 3.8) is 0 Å². The largest absolute Gasteiger partial charge is 0.367 e. The highest BCUT2D eigenvalue weighted by Crippen LogP contribution is 2.34. The van der Waals surface area contributed by atoms with Gasteiger partial charge in [-0.25, -0.2) is 4.98 Å². The van der Waals surface area contributed by atoms with Crippen LogP contribution in [-0.4, -0.2) is 28.9 Å². The van der Waals surface area contributed by atoms with Gasteiger partial charge in [-0.15, -0.1) is 0 Å². The molecule has 0 aliphatic carbocycles. The number of carbonyl (C=O) groups excluding carboxylic acids is 1. The van der Waals surface area contributed by atoms with E-state index in [1.54, 1.807) is 6.20 Å². The maximum absolute atomic E-state index is 11.1. The number of likely N-dealkylation sites (tertiary alicyclic amines) is 1. The molecule has 0 saturated carbocycles. The van der Waals surface area contributed by atoms with E-state index in [1.807, 2.05) is 11.0 Å². The molecule has 1 aliphatic heterocycles. The second kappa shape index (κ2) is 5.85. The Hall–Kier alpha value is -1.58. The Kier molecular flexibility index (Phi) is 4.18. The van der Waals surface area contributed by atoms with E-state index in [0.29, 0.717) is 6.04 Å². The van der Waals surface area contributed by atoms with Crippen LogP contribution in [0.5, 0.6) is 0 Å². The first-order valence-corrected chi connectivity index (χ1v) is 6.68. The second-order valence-electron chi connectivity index (χ2n) is 4.90. The zero-order valence-electron chi connectivity index (χ0n) is 11.1. The van der Waals surface area contributed by atoms with Crippen LogP contribution in [0.1, 0.15) is 44.7 Å². The fraction of sp³-hybridized carbons (Fsp3) is 0.571. The molecule has 1 saturated heterocycles. The molecule has 0 spiro atoms. The highest BCUT2D eigenvalue weighted by molar-refractivity contribution is 5.53. The number of nitrogens with one attached hydrogen (secondary N) is 1. The lowest BCUT2D eigenvalue weighted by atomic mass is 10.1. The van der Waals surface area contributed by atoms with Crippen molar-refractivity contribution < 1.29 is 4.79 Å². The first-order valence-electron chi connectivity index (χ1n) is 6.68. The molecular formula is C14H21N3O. The minimum Gasteiger partial charge on any atom is -0.367 e. The van der Waals surface area contributed by atoms with Crippen LogP contribution in [0, 0.1) is 0 Å². The molecule has 18 heavy (non-hydrogen) atoms. The number of hydrogen-bond donors (Lipinski definition) is 1. The van der Waals surface area contributed by atoms with Crippen molar-refractivity contribution in [1.29, 1.82) is 0 Å². The summed E-state index contributed by atoms with van der Waals surface area (Å²) < 4.78 is 0. The number of hydrogen-bond acceptors (Lipinski definition) is 3. The molecule has 2 rings (SSSR count). The molecule has 98 valence electrons. The van der Waals surface area contributed by atoms with Crippen LogP contribution in [-0.2, 0) is 4.79 Å². The van der Waals surface area contributed by atoms with Gasteiger partial charge in [0.2, 0.25) is 6.41 Å². The molecule has 0 aromatic carbocycles. The predicted molar refractivity (Wildman–Crippen MR) is 72.4 cm³/mol. The zero-order chi connectivity index (χ0) is 13.0. The van der Waals surface area contributed by atoms with Crippen LogP contribution in [0.2, 0.25) is 0 Å². The van der Waals surface area contributed by atoms with Crippen molar-refractivity contribution in [3.05, 3.63) is 23.9 Å². The number of nitrogens with zero attached hydrogens (tertiary/aromatic N) is 2. The smallest absolute Gasteiger partial charge is 0.210 e. The van der Waals surface area contributed by atoms with E-state index in [0.717, 1.165) is 43.6 Å². The van der Waals surface area contributed by atoms with Gasteiger partial charge in [0.15, 0.2) is 0 Å². The van der Waals surface area contributed by atoms with Crippen molar-refractivity contribution in [2.24, 2.45) is 0 Å². The van der Waals surface area contributed by atoms with Crippen LogP contribution in [0.25, 0.3) is 0 Å². The van der Waals surface area contributed by atoms with Gasteiger partial charge in [0.05, 0.1) is 6.04 Å². The summed E-state index contributed by atoms with van der Waals surface area (Å²) in [6.45, 7) is 5.14. The summed E-state index contributed by atoms with van der Waals surface area (Å²) in [6, 6.07) is 4.59. The first kappa shape index (κ1) is 12.9. The van der Waals surface area contributed by atoms with Crippen molar-refractivity contribution in [2.45, 2.75) is 45.2 Å². The summed E-state index contributed by atoms with van der Waals surface area (Å²) in [7, 11) is 0. The average molecular weight is 247 g/mol. The Balaban J connectivity index is 2.23. The van der Waals surface area contributed by atoms with Gasteiger partial charge in [-0.1, -0.05) is 13.0 Å². The van der Waals surface area contributed by atoms with Crippen molar-refractivity contribution in [1.82, 2.24) is 9.88 Å². The summed E-state index contributed by atoms with van der Waals surface area (Å²) in [5.41, 5.74) is 1.14. The van der Waals surface area contributed by atoms with Gasteiger partial charge in [0, 0.05) is 24.3 Å². The van der Waals surface area contributed by atoms with E-state index in [4.69, 9.17) is 0 Å². The van der Waals surface area contributed by atoms with Gasteiger partial charge in [0.1, 0.15) is 5.82 Å². The number of rotatable bonds is 5. The van der Waals surface area contributed by atoms with Gasteiger partial charge >= 0.3 is 0 Å². The topological polar surface area (TPSA) is 45.2 Å². The highest BCUT2D eigenvalue weighted by atomic mass is 16.1. The third-order valence-corrected chi connectivity index (χ3v) is 3.62. The monoisotopic (exact) mass is 247 g/mol. The van der Waals surface area contributed by atoms with Crippen LogP contribution in [0.4, 0.5) is 5.82 Å². The molecule has 4 nitrogen and oxygen atoms in total. The molecule has 1 aromatic rings. The summed E-state index contributed by atoms with van der Waals surface area (Å²) in [6.07, 6.45) is 5.91. The molecule has 1 aromatic heterocycles. The molecule has 1 fully saturated rings. The van der Waals surface area contributed by atoms with Gasteiger partial charge in [0.25, 0.3) is 0 Å². The van der Waals surface area contributed by atoms with Crippen molar-refractivity contribution in [3.8, 4) is 0 Å². The summed E-state index contributed by atoms with van der Waals surface area (Å²) >= 11 is 0. The molecule has 4 heteroatoms. The molecule has 2 atom stereocenters. The number of amides is 1. The van der Waals surface area contributed by atoms with Gasteiger partial charge in [-0.3, -0.25) is 4.79 Å². The van der Waals surface area contributed by atoms with Gasteiger partial charge < -0.3 is 10.2 Å². The lowest BCUT2D eigenvalue weighted by Gasteiger charge is -2.24. The van der Waals surface area contributed by atoms with E-state index >= 15 is 0 Å². The lowest BCUT2D eigenvalue weighted by Crippen LogP contribution is -2.23. The Morgan fingerprint density at radius 2 is 2.50 bits per heavy atom. The predicted octanol–water partition coefficient (Wildman–Crippen LogP) is 2.59. The standard InChI is InChI=1S/C14H21N3O/c1-3-11(2)16-14-12(6-4-8-15-14)13-7-5-9-17(13)10-18/h4,6,8,10-11,13H,3,5,7,9H2,1-2H3,(H,15,16). The number of anilines is 1. The van der Waals surface area contributed by atoms with Crippen LogP contribution >= 0.6 is 0 Å². The molecule has 0 radical (unpaired) electrons. The quantitative estimate of drug-likeness (QED) is 0.813. The Labute approximate surface area is 108 Å². The Bertz CT molecular complexity index is 408. The van der Waals surface area contributed by atoms with Crippen molar-refractivity contribution >= 4 is 12.2 Å². The lowest BCUT2D eigenvalue weighted by molar-refractivity contribution is -0.118. The fourth-order valence-electron chi connectivity index (χ4n) is 2.39. The number of pyridine rings is 1. The summed E-state index contributed by atoms with van der Waals surface area (Å²) in [4.78, 5) is 17.4. The van der Waals surface area contributed by atoms with Gasteiger partial charge in [-0.2, -0.15) is 0 Å². The molecule has 2 heterocycles. The number of carbonyl (C=O) groups is 1. The maximum atomic E-state index is 11.1. The van der Waals surface area contributed by atoms with Crippen LogP contribution in [0.3, 0.4) is 0 Å². The first-order chi connectivity index (χ1) is 8.76. The van der Waals surface area contributed by atoms with E-state index in [1.165, 1.54) is 0 Å². The molecule has 2 unspecified atom stereocenters. The van der Waals surface area contributed by atoms with Crippen LogP contribution < -0.4 is 5.32 Å². The van der Waals surface area contributed by atoms with E-state index in [9.17, 15) is 4.79 Å². The molecular weight excluding hydrogens is 226 g/mol. The Morgan fingerprint density at radius 3 is 3.22 bits per heavy atom. The van der Waals surface area contributed by atoms with Gasteiger partial charge in [-0.05, 0) is 32.3 Å². The molecule has 1 amide bonds. The molecule has 1 N–H and O–H groups in total. The number of aromatic nitrogens is 1. The normalized spacial score (nSPS) is 20.8. The highest BCUT2D eigenvalue weighted by Gasteiger charge is 2.27. The fourth-order valence-corrected chi connectivity index (χ4v) is 2.39. The summed E-state index contributed by atoms with van der Waals surface area (Å²) in [5, 5.41) is 3.43. The molecule has 0 bridgehead atoms. The minimum atomic E-state index is 0.183. The second-order valence-corrected chi connectivity index (χ2v) is 4.90.